The molecule has 0 heterocycles. The van der Waals surface area contributed by atoms with Crippen LogP contribution in [0.3, 0.4) is 0 Å². The van der Waals surface area contributed by atoms with E-state index in [0.717, 1.165) is 11.1 Å². The fraction of sp³-hybridized carbons (Fsp3) is 0.562. The summed E-state index contributed by atoms with van der Waals surface area (Å²) in [6.07, 6.45) is 0. The molecule has 0 unspecified atom stereocenters. The highest BCUT2D eigenvalue weighted by atomic mass is 16.3. The first kappa shape index (κ1) is 15.7. The summed E-state index contributed by atoms with van der Waals surface area (Å²) in [7, 11) is 0. The van der Waals surface area contributed by atoms with Gasteiger partial charge in [-0.1, -0.05) is 41.5 Å². The van der Waals surface area contributed by atoms with Crippen LogP contribution in [0.1, 0.15) is 63.0 Å². The first-order valence-corrected chi connectivity index (χ1v) is 6.50. The third kappa shape index (κ3) is 3.35. The number of carbonyl (C=O) groups excluding carboxylic acids is 1. The van der Waals surface area contributed by atoms with E-state index in [1.54, 1.807) is 12.1 Å². The van der Waals surface area contributed by atoms with E-state index in [1.807, 2.05) is 41.5 Å². The molecular formula is C16H23NO2. The molecule has 104 valence electrons. The van der Waals surface area contributed by atoms with Crippen molar-refractivity contribution in [2.45, 2.75) is 52.4 Å². The first-order valence-electron chi connectivity index (χ1n) is 6.50. The Morgan fingerprint density at radius 3 is 1.68 bits per heavy atom. The van der Waals surface area contributed by atoms with Gasteiger partial charge in [-0.15, -0.1) is 5.73 Å². The van der Waals surface area contributed by atoms with Gasteiger partial charge in [0.15, 0.2) is 5.78 Å². The quantitative estimate of drug-likeness (QED) is 0.831. The summed E-state index contributed by atoms with van der Waals surface area (Å²) < 4.78 is 0. The summed E-state index contributed by atoms with van der Waals surface area (Å²) in [5, 5.41) is 10.5. The highest BCUT2D eigenvalue weighted by Crippen LogP contribution is 2.39. The Balaban J connectivity index is 3.62. The van der Waals surface area contributed by atoms with Gasteiger partial charge < -0.3 is 5.11 Å². The van der Waals surface area contributed by atoms with E-state index in [2.05, 4.69) is 0 Å². The van der Waals surface area contributed by atoms with Crippen LogP contribution < -0.4 is 5.73 Å². The molecule has 0 saturated heterocycles. The summed E-state index contributed by atoms with van der Waals surface area (Å²) in [6.45, 7) is 11.4. The lowest BCUT2D eigenvalue weighted by atomic mass is 9.78. The van der Waals surface area contributed by atoms with Crippen LogP contribution in [0, 0.1) is 0 Å². The SMILES string of the molecule is CC(C)(C)c1cc(C(=O)C[N])cc(C(C)(C)C)c1O. The van der Waals surface area contributed by atoms with Crippen LogP contribution in [-0.2, 0) is 10.8 Å². The molecule has 3 heteroatoms. The largest absolute Gasteiger partial charge is 0.507 e. The summed E-state index contributed by atoms with van der Waals surface area (Å²) in [5.41, 5.74) is 10.4. The minimum atomic E-state index is -0.516. The predicted molar refractivity (Wildman–Crippen MR) is 76.8 cm³/mol. The standard InChI is InChI=1S/C16H23NO2/c1-15(2,3)11-7-10(13(18)9-17)8-12(14(11)19)16(4,5)6/h7-8,19H,9H2,1-6H3. The van der Waals surface area contributed by atoms with Crippen molar-refractivity contribution in [2.75, 3.05) is 6.54 Å². The van der Waals surface area contributed by atoms with Gasteiger partial charge in [0.05, 0.1) is 6.54 Å². The van der Waals surface area contributed by atoms with Crippen molar-refractivity contribution in [1.29, 1.82) is 0 Å². The Hall–Kier alpha value is -1.35. The Labute approximate surface area is 115 Å². The Kier molecular flexibility index (Phi) is 4.11. The maximum Gasteiger partial charge on any atom is 0.179 e. The molecule has 0 bridgehead atoms. The Morgan fingerprint density at radius 2 is 1.42 bits per heavy atom. The maximum atomic E-state index is 11.8. The number of hydrogen-bond donors (Lipinski definition) is 1. The number of benzene rings is 1. The van der Waals surface area contributed by atoms with Crippen LogP contribution in [0.4, 0.5) is 0 Å². The average molecular weight is 261 g/mol. The van der Waals surface area contributed by atoms with Gasteiger partial charge in [0.25, 0.3) is 0 Å². The molecule has 2 radical (unpaired) electrons. The van der Waals surface area contributed by atoms with E-state index >= 15 is 0 Å². The van der Waals surface area contributed by atoms with Crippen molar-refractivity contribution < 1.29 is 9.90 Å². The fourth-order valence-corrected chi connectivity index (χ4v) is 2.03. The van der Waals surface area contributed by atoms with Crippen LogP contribution in [-0.4, -0.2) is 17.4 Å². The number of carbonyl (C=O) groups is 1. The molecule has 19 heavy (non-hydrogen) atoms. The van der Waals surface area contributed by atoms with Gasteiger partial charge in [-0.05, 0) is 23.0 Å². The van der Waals surface area contributed by atoms with Gasteiger partial charge in [-0.3, -0.25) is 4.79 Å². The fourth-order valence-electron chi connectivity index (χ4n) is 2.03. The highest BCUT2D eigenvalue weighted by Gasteiger charge is 2.27. The zero-order valence-corrected chi connectivity index (χ0v) is 12.7. The summed E-state index contributed by atoms with van der Waals surface area (Å²) in [6, 6.07) is 3.37. The molecule has 1 rings (SSSR count). The smallest absolute Gasteiger partial charge is 0.179 e. The zero-order chi connectivity index (χ0) is 15.0. The van der Waals surface area contributed by atoms with Crippen LogP contribution in [0.15, 0.2) is 12.1 Å². The third-order valence-corrected chi connectivity index (χ3v) is 3.19. The monoisotopic (exact) mass is 261 g/mol. The van der Waals surface area contributed by atoms with Gasteiger partial charge in [0.1, 0.15) is 5.75 Å². The molecule has 0 fully saturated rings. The molecule has 0 aliphatic carbocycles. The number of ketones is 1. The lowest BCUT2D eigenvalue weighted by Crippen LogP contribution is -2.19. The summed E-state index contributed by atoms with van der Waals surface area (Å²) in [5.74, 6) is -0.0783. The maximum absolute atomic E-state index is 11.8. The second kappa shape index (κ2) is 4.97. The first-order chi connectivity index (χ1) is 8.48. The topological polar surface area (TPSA) is 59.6 Å². The number of rotatable bonds is 2. The van der Waals surface area contributed by atoms with Crippen molar-refractivity contribution >= 4 is 5.78 Å². The second-order valence-electron chi connectivity index (χ2n) is 7.00. The number of hydrogen-bond acceptors (Lipinski definition) is 2. The van der Waals surface area contributed by atoms with Crippen molar-refractivity contribution in [2.24, 2.45) is 0 Å². The molecule has 1 aromatic rings. The molecular weight excluding hydrogens is 238 g/mol. The van der Waals surface area contributed by atoms with E-state index in [9.17, 15) is 9.90 Å². The van der Waals surface area contributed by atoms with Crippen molar-refractivity contribution in [3.05, 3.63) is 28.8 Å². The van der Waals surface area contributed by atoms with E-state index in [4.69, 9.17) is 5.73 Å². The molecule has 3 nitrogen and oxygen atoms in total. The predicted octanol–water partition coefficient (Wildman–Crippen LogP) is 3.24. The van der Waals surface area contributed by atoms with Gasteiger partial charge in [-0.2, -0.15) is 0 Å². The molecule has 0 saturated carbocycles. The highest BCUT2D eigenvalue weighted by molar-refractivity contribution is 5.98. The number of nitrogens with zero attached hydrogens (tertiary/aromatic N) is 1. The van der Waals surface area contributed by atoms with E-state index in [0.29, 0.717) is 5.56 Å². The van der Waals surface area contributed by atoms with Crippen LogP contribution in [0.25, 0.3) is 0 Å². The normalized spacial score (nSPS) is 12.6. The number of Topliss-reactive ketones (excluding diaryl/α,β-unsaturated/α-hetero) is 1. The van der Waals surface area contributed by atoms with Gasteiger partial charge in [0.2, 0.25) is 0 Å². The van der Waals surface area contributed by atoms with Crippen LogP contribution >= 0.6 is 0 Å². The van der Waals surface area contributed by atoms with Gasteiger partial charge in [0, 0.05) is 16.7 Å². The molecule has 0 atom stereocenters. The molecule has 0 spiro atoms. The van der Waals surface area contributed by atoms with Crippen LogP contribution in [0.5, 0.6) is 5.75 Å². The van der Waals surface area contributed by atoms with E-state index < -0.39 is 6.54 Å². The average Bonchev–Trinajstić information content (AvgIpc) is 2.25. The lowest BCUT2D eigenvalue weighted by Gasteiger charge is -2.28. The number of phenols is 1. The molecule has 0 aliphatic rings. The van der Waals surface area contributed by atoms with Crippen LogP contribution in [0.2, 0.25) is 0 Å². The Bertz CT molecular complexity index is 455. The lowest BCUT2D eigenvalue weighted by molar-refractivity contribution is 0.0999. The van der Waals surface area contributed by atoms with Gasteiger partial charge in [-0.25, -0.2) is 0 Å². The third-order valence-electron chi connectivity index (χ3n) is 3.19. The molecule has 0 aliphatic heterocycles. The van der Waals surface area contributed by atoms with Crippen molar-refractivity contribution in [3.8, 4) is 5.75 Å². The molecule has 1 N–H and O–H groups in total. The molecule has 1 aromatic carbocycles. The number of phenolic OH excluding ortho intramolecular Hbond substituents is 1. The van der Waals surface area contributed by atoms with Crippen molar-refractivity contribution in [3.63, 3.8) is 0 Å². The number of aromatic hydroxyl groups is 1. The van der Waals surface area contributed by atoms with Gasteiger partial charge >= 0.3 is 0 Å². The molecule has 0 aromatic heterocycles. The minimum Gasteiger partial charge on any atom is -0.507 e. The summed E-state index contributed by atoms with van der Waals surface area (Å²) in [4.78, 5) is 11.8. The van der Waals surface area contributed by atoms with E-state index in [1.165, 1.54) is 0 Å². The van der Waals surface area contributed by atoms with E-state index in [-0.39, 0.29) is 22.4 Å². The second-order valence-corrected chi connectivity index (χ2v) is 7.00. The Morgan fingerprint density at radius 1 is 1.05 bits per heavy atom. The zero-order valence-electron chi connectivity index (χ0n) is 12.7. The van der Waals surface area contributed by atoms with Crippen molar-refractivity contribution in [1.82, 2.24) is 5.73 Å². The molecule has 0 amide bonds. The minimum absolute atomic E-state index is 0.245. The summed E-state index contributed by atoms with van der Waals surface area (Å²) >= 11 is 0.